The zero-order valence-corrected chi connectivity index (χ0v) is 11.8. The Bertz CT molecular complexity index is 550. The maximum Gasteiger partial charge on any atom is 0.230 e. The molecule has 0 spiro atoms. The van der Waals surface area contributed by atoms with E-state index in [2.05, 4.69) is 27.8 Å². The van der Waals surface area contributed by atoms with Crippen LogP contribution in [0.5, 0.6) is 0 Å². The van der Waals surface area contributed by atoms with Gasteiger partial charge in [-0.1, -0.05) is 37.3 Å². The van der Waals surface area contributed by atoms with Crippen molar-refractivity contribution in [2.24, 2.45) is 5.92 Å². The second-order valence-electron chi connectivity index (χ2n) is 4.81. The first-order chi connectivity index (χ1) is 9.70. The Labute approximate surface area is 119 Å². The second-order valence-corrected chi connectivity index (χ2v) is 4.81. The molecule has 2 N–H and O–H groups in total. The van der Waals surface area contributed by atoms with Gasteiger partial charge in [0.1, 0.15) is 0 Å². The zero-order chi connectivity index (χ0) is 14.4. The minimum atomic E-state index is -0.0955. The highest BCUT2D eigenvalue weighted by Crippen LogP contribution is 2.10. The fourth-order valence-corrected chi connectivity index (χ4v) is 1.97. The standard InChI is InChI=1S/C15H20N4O/c1-12(10-16-2)14(20)18-15-17-8-9-19(15)11-13-6-4-3-5-7-13/h3-9,12,16H,10-11H2,1-2H3,(H,17,18,20). The predicted molar refractivity (Wildman–Crippen MR) is 79.5 cm³/mol. The quantitative estimate of drug-likeness (QED) is 0.842. The highest BCUT2D eigenvalue weighted by Gasteiger charge is 2.14. The Morgan fingerprint density at radius 1 is 1.35 bits per heavy atom. The molecule has 0 aliphatic rings. The summed E-state index contributed by atoms with van der Waals surface area (Å²) in [6, 6.07) is 10.1. The number of amides is 1. The number of carbonyl (C=O) groups excluding carboxylic acids is 1. The lowest BCUT2D eigenvalue weighted by molar-refractivity contribution is -0.119. The molecular formula is C15H20N4O. The van der Waals surface area contributed by atoms with Gasteiger partial charge in [0, 0.05) is 24.9 Å². The van der Waals surface area contributed by atoms with Crippen LogP contribution in [0.25, 0.3) is 0 Å². The normalized spacial score (nSPS) is 12.1. The Morgan fingerprint density at radius 3 is 2.80 bits per heavy atom. The fraction of sp³-hybridized carbons (Fsp3) is 0.333. The van der Waals surface area contributed by atoms with Crippen molar-refractivity contribution in [1.29, 1.82) is 0 Å². The van der Waals surface area contributed by atoms with Gasteiger partial charge < -0.3 is 9.88 Å². The van der Waals surface area contributed by atoms with Crippen molar-refractivity contribution in [1.82, 2.24) is 14.9 Å². The van der Waals surface area contributed by atoms with E-state index in [0.717, 1.165) is 0 Å². The zero-order valence-electron chi connectivity index (χ0n) is 11.8. The summed E-state index contributed by atoms with van der Waals surface area (Å²) >= 11 is 0. The summed E-state index contributed by atoms with van der Waals surface area (Å²) in [7, 11) is 1.83. The molecule has 0 aliphatic carbocycles. The van der Waals surface area contributed by atoms with Crippen LogP contribution >= 0.6 is 0 Å². The Kier molecular flexibility index (Phi) is 4.90. The first kappa shape index (κ1) is 14.3. The number of rotatable bonds is 6. The van der Waals surface area contributed by atoms with Gasteiger partial charge in [-0.05, 0) is 12.6 Å². The number of aromatic nitrogens is 2. The van der Waals surface area contributed by atoms with E-state index in [4.69, 9.17) is 0 Å². The van der Waals surface area contributed by atoms with E-state index in [1.165, 1.54) is 5.56 Å². The average Bonchev–Trinajstić information content (AvgIpc) is 2.87. The number of imidazole rings is 1. The Hall–Kier alpha value is -2.14. The summed E-state index contributed by atoms with van der Waals surface area (Å²) in [5.41, 5.74) is 1.17. The summed E-state index contributed by atoms with van der Waals surface area (Å²) < 4.78 is 1.93. The summed E-state index contributed by atoms with van der Waals surface area (Å²) in [6.07, 6.45) is 3.56. The molecule has 1 atom stereocenters. The molecule has 0 fully saturated rings. The van der Waals surface area contributed by atoms with Gasteiger partial charge in [-0.15, -0.1) is 0 Å². The SMILES string of the molecule is CNCC(C)C(=O)Nc1nccn1Cc1ccccc1. The maximum absolute atomic E-state index is 12.0. The molecule has 1 amide bonds. The average molecular weight is 272 g/mol. The lowest BCUT2D eigenvalue weighted by Crippen LogP contribution is -2.29. The number of hydrogen-bond acceptors (Lipinski definition) is 3. The van der Waals surface area contributed by atoms with Gasteiger partial charge in [0.25, 0.3) is 0 Å². The highest BCUT2D eigenvalue weighted by molar-refractivity contribution is 5.90. The number of benzene rings is 1. The number of anilines is 1. The molecule has 0 saturated carbocycles. The molecule has 5 heteroatoms. The Balaban J connectivity index is 2.03. The van der Waals surface area contributed by atoms with Gasteiger partial charge in [-0.25, -0.2) is 4.98 Å². The van der Waals surface area contributed by atoms with Gasteiger partial charge in [-0.2, -0.15) is 0 Å². The topological polar surface area (TPSA) is 59.0 Å². The lowest BCUT2D eigenvalue weighted by atomic mass is 10.1. The van der Waals surface area contributed by atoms with Crippen LogP contribution in [0.3, 0.4) is 0 Å². The van der Waals surface area contributed by atoms with Crippen LogP contribution in [0.1, 0.15) is 12.5 Å². The van der Waals surface area contributed by atoms with Crippen LogP contribution in [-0.4, -0.2) is 29.1 Å². The van der Waals surface area contributed by atoms with E-state index in [1.54, 1.807) is 6.20 Å². The van der Waals surface area contributed by atoms with Crippen molar-refractivity contribution in [2.75, 3.05) is 18.9 Å². The highest BCUT2D eigenvalue weighted by atomic mass is 16.2. The van der Waals surface area contributed by atoms with Gasteiger partial charge in [-0.3, -0.25) is 10.1 Å². The maximum atomic E-state index is 12.0. The van der Waals surface area contributed by atoms with E-state index in [0.29, 0.717) is 19.0 Å². The van der Waals surface area contributed by atoms with Crippen molar-refractivity contribution in [3.05, 3.63) is 48.3 Å². The van der Waals surface area contributed by atoms with Crippen LogP contribution < -0.4 is 10.6 Å². The van der Waals surface area contributed by atoms with Gasteiger partial charge >= 0.3 is 0 Å². The fourth-order valence-electron chi connectivity index (χ4n) is 1.97. The molecule has 1 aromatic heterocycles. The van der Waals surface area contributed by atoms with Crippen molar-refractivity contribution >= 4 is 11.9 Å². The lowest BCUT2D eigenvalue weighted by Gasteiger charge is -2.13. The summed E-state index contributed by atoms with van der Waals surface area (Å²) in [4.78, 5) is 16.2. The first-order valence-electron chi connectivity index (χ1n) is 6.71. The minimum Gasteiger partial charge on any atom is -0.319 e. The van der Waals surface area contributed by atoms with E-state index in [-0.39, 0.29) is 11.8 Å². The van der Waals surface area contributed by atoms with Crippen molar-refractivity contribution < 1.29 is 4.79 Å². The molecule has 1 heterocycles. The molecule has 0 radical (unpaired) electrons. The molecule has 0 saturated heterocycles. The predicted octanol–water partition coefficient (Wildman–Crippen LogP) is 1.73. The molecule has 1 aromatic carbocycles. The van der Waals surface area contributed by atoms with Crippen molar-refractivity contribution in [3.63, 3.8) is 0 Å². The number of nitrogens with zero attached hydrogens (tertiary/aromatic N) is 2. The third-order valence-electron chi connectivity index (χ3n) is 3.10. The van der Waals surface area contributed by atoms with Crippen LogP contribution in [-0.2, 0) is 11.3 Å². The van der Waals surface area contributed by atoms with Gasteiger partial charge in [0.05, 0.1) is 6.54 Å². The second kappa shape index (κ2) is 6.86. The molecule has 20 heavy (non-hydrogen) atoms. The smallest absolute Gasteiger partial charge is 0.230 e. The molecule has 5 nitrogen and oxygen atoms in total. The van der Waals surface area contributed by atoms with Gasteiger partial charge in [0.2, 0.25) is 11.9 Å². The molecule has 2 aromatic rings. The molecule has 0 bridgehead atoms. The third kappa shape index (κ3) is 3.68. The first-order valence-corrected chi connectivity index (χ1v) is 6.71. The summed E-state index contributed by atoms with van der Waals surface area (Å²) in [5.74, 6) is 0.462. The molecule has 0 aliphatic heterocycles. The van der Waals surface area contributed by atoms with E-state index < -0.39 is 0 Å². The number of nitrogens with one attached hydrogen (secondary N) is 2. The third-order valence-corrected chi connectivity index (χ3v) is 3.10. The molecule has 1 unspecified atom stereocenters. The number of carbonyl (C=O) groups is 1. The van der Waals surface area contributed by atoms with Crippen molar-refractivity contribution in [2.45, 2.75) is 13.5 Å². The summed E-state index contributed by atoms with van der Waals surface area (Å²) in [6.45, 7) is 3.22. The van der Waals surface area contributed by atoms with Crippen LogP contribution in [0.15, 0.2) is 42.7 Å². The van der Waals surface area contributed by atoms with E-state index >= 15 is 0 Å². The largest absolute Gasteiger partial charge is 0.319 e. The minimum absolute atomic E-state index is 0.0279. The monoisotopic (exact) mass is 272 g/mol. The van der Waals surface area contributed by atoms with Gasteiger partial charge in [0.15, 0.2) is 0 Å². The number of hydrogen-bond donors (Lipinski definition) is 2. The molecule has 2 rings (SSSR count). The van der Waals surface area contributed by atoms with Crippen molar-refractivity contribution in [3.8, 4) is 0 Å². The summed E-state index contributed by atoms with van der Waals surface area (Å²) in [5, 5.41) is 5.86. The van der Waals surface area contributed by atoms with E-state index in [9.17, 15) is 4.79 Å². The van der Waals surface area contributed by atoms with Crippen LogP contribution in [0.2, 0.25) is 0 Å². The molecular weight excluding hydrogens is 252 g/mol. The molecule has 106 valence electrons. The van der Waals surface area contributed by atoms with Crippen LogP contribution in [0.4, 0.5) is 5.95 Å². The van der Waals surface area contributed by atoms with Crippen LogP contribution in [0, 0.1) is 5.92 Å². The Morgan fingerprint density at radius 2 is 2.10 bits per heavy atom. The van der Waals surface area contributed by atoms with E-state index in [1.807, 2.05) is 42.9 Å².